The lowest BCUT2D eigenvalue weighted by molar-refractivity contribution is 0.0948. The van der Waals surface area contributed by atoms with Gasteiger partial charge in [0, 0.05) is 31.2 Å². The highest BCUT2D eigenvalue weighted by Crippen LogP contribution is 2.04. The van der Waals surface area contributed by atoms with E-state index in [9.17, 15) is 14.4 Å². The summed E-state index contributed by atoms with van der Waals surface area (Å²) in [5.41, 5.74) is 1.27. The van der Waals surface area contributed by atoms with E-state index in [1.807, 2.05) is 26.0 Å². The second kappa shape index (κ2) is 5.74. The van der Waals surface area contributed by atoms with Crippen LogP contribution in [-0.2, 0) is 13.6 Å². The van der Waals surface area contributed by atoms with Gasteiger partial charge >= 0.3 is 5.69 Å². The Hall–Kier alpha value is -2.70. The number of rotatable bonds is 3. The molecule has 0 saturated carbocycles. The van der Waals surface area contributed by atoms with Gasteiger partial charge in [0.2, 0.25) is 0 Å². The molecule has 0 aromatic carbocycles. The van der Waals surface area contributed by atoms with E-state index in [0.29, 0.717) is 0 Å². The van der Waals surface area contributed by atoms with Crippen LogP contribution in [0.5, 0.6) is 0 Å². The first-order valence-electron chi connectivity index (χ1n) is 6.39. The highest BCUT2D eigenvalue weighted by molar-refractivity contribution is 5.93. The van der Waals surface area contributed by atoms with Crippen molar-refractivity contribution in [1.29, 1.82) is 0 Å². The monoisotopic (exact) mass is 288 g/mol. The molecular formula is C14H16N4O3. The lowest BCUT2D eigenvalue weighted by atomic mass is 10.2. The molecule has 2 N–H and O–H groups in total. The molecule has 2 rings (SSSR count). The Kier molecular flexibility index (Phi) is 4.02. The average molecular weight is 288 g/mol. The van der Waals surface area contributed by atoms with Crippen LogP contribution in [0, 0.1) is 13.8 Å². The molecule has 21 heavy (non-hydrogen) atoms. The van der Waals surface area contributed by atoms with Crippen molar-refractivity contribution in [3.8, 4) is 0 Å². The molecule has 0 atom stereocenters. The molecule has 0 saturated heterocycles. The number of nitrogens with zero attached hydrogens (tertiary/aromatic N) is 2. The average Bonchev–Trinajstić information content (AvgIpc) is 2.39. The molecule has 2 heterocycles. The summed E-state index contributed by atoms with van der Waals surface area (Å²) >= 11 is 0. The number of aromatic amines is 1. The Balaban J connectivity index is 2.17. The fourth-order valence-corrected chi connectivity index (χ4v) is 2.03. The predicted octanol–water partition coefficient (Wildman–Crippen LogP) is 0.0154. The van der Waals surface area contributed by atoms with Gasteiger partial charge in [-0.15, -0.1) is 0 Å². The molecule has 2 aromatic heterocycles. The number of hydrogen-bond acceptors (Lipinski definition) is 4. The van der Waals surface area contributed by atoms with Crippen LogP contribution in [0.15, 0.2) is 27.9 Å². The Morgan fingerprint density at radius 2 is 1.90 bits per heavy atom. The van der Waals surface area contributed by atoms with Crippen LogP contribution in [0.3, 0.4) is 0 Å². The molecule has 0 unspecified atom stereocenters. The Bertz CT molecular complexity index is 784. The summed E-state index contributed by atoms with van der Waals surface area (Å²) in [5, 5.41) is 2.66. The van der Waals surface area contributed by atoms with Crippen LogP contribution in [0.1, 0.15) is 27.3 Å². The van der Waals surface area contributed by atoms with E-state index in [1.54, 1.807) is 0 Å². The quantitative estimate of drug-likeness (QED) is 0.831. The molecule has 110 valence electrons. The van der Waals surface area contributed by atoms with Crippen LogP contribution < -0.4 is 16.6 Å². The van der Waals surface area contributed by atoms with E-state index in [4.69, 9.17) is 0 Å². The second-order valence-corrected chi connectivity index (χ2v) is 4.85. The lowest BCUT2D eigenvalue weighted by Gasteiger charge is -2.07. The van der Waals surface area contributed by atoms with E-state index in [1.165, 1.54) is 13.2 Å². The van der Waals surface area contributed by atoms with Crippen LogP contribution in [0.2, 0.25) is 0 Å². The van der Waals surface area contributed by atoms with E-state index in [2.05, 4.69) is 15.3 Å². The minimum Gasteiger partial charge on any atom is -0.348 e. The first-order chi connectivity index (χ1) is 9.86. The number of amides is 1. The Morgan fingerprint density at radius 3 is 2.52 bits per heavy atom. The van der Waals surface area contributed by atoms with Crippen molar-refractivity contribution in [2.75, 3.05) is 0 Å². The fraction of sp³-hybridized carbons (Fsp3) is 0.286. The van der Waals surface area contributed by atoms with Gasteiger partial charge in [-0.3, -0.25) is 19.6 Å². The van der Waals surface area contributed by atoms with E-state index >= 15 is 0 Å². The van der Waals surface area contributed by atoms with Gasteiger partial charge < -0.3 is 9.88 Å². The molecular weight excluding hydrogens is 272 g/mol. The topological polar surface area (TPSA) is 96.9 Å². The molecule has 7 heteroatoms. The summed E-state index contributed by atoms with van der Waals surface area (Å²) in [7, 11) is 1.46. The third-order valence-corrected chi connectivity index (χ3v) is 2.95. The number of aromatic nitrogens is 3. The molecule has 0 spiro atoms. The number of carbonyl (C=O) groups excluding carboxylic acids is 1. The largest absolute Gasteiger partial charge is 0.348 e. The number of aryl methyl sites for hydroxylation is 3. The smallest absolute Gasteiger partial charge is 0.328 e. The first kappa shape index (κ1) is 14.7. The molecule has 0 fully saturated rings. The number of H-pyrrole nitrogens is 1. The van der Waals surface area contributed by atoms with Gasteiger partial charge in [-0.2, -0.15) is 0 Å². The van der Waals surface area contributed by atoms with Gasteiger partial charge in [0.05, 0.1) is 0 Å². The van der Waals surface area contributed by atoms with Gasteiger partial charge in [-0.25, -0.2) is 4.79 Å². The highest BCUT2D eigenvalue weighted by Gasteiger charge is 2.12. The van der Waals surface area contributed by atoms with Crippen molar-refractivity contribution in [3.63, 3.8) is 0 Å². The van der Waals surface area contributed by atoms with E-state index < -0.39 is 17.2 Å². The van der Waals surface area contributed by atoms with Crippen LogP contribution >= 0.6 is 0 Å². The SMILES string of the molecule is Cc1cc(CNC(=O)c2cn(C)c(=O)[nH]c2=O)cc(C)n1. The zero-order valence-electron chi connectivity index (χ0n) is 12.1. The number of carbonyl (C=O) groups is 1. The normalized spacial score (nSPS) is 10.4. The van der Waals surface area contributed by atoms with E-state index in [-0.39, 0.29) is 12.1 Å². The zero-order valence-corrected chi connectivity index (χ0v) is 12.1. The predicted molar refractivity (Wildman–Crippen MR) is 77.2 cm³/mol. The van der Waals surface area contributed by atoms with Gasteiger partial charge in [0.1, 0.15) is 5.56 Å². The molecule has 0 radical (unpaired) electrons. The van der Waals surface area contributed by atoms with Crippen molar-refractivity contribution in [3.05, 3.63) is 61.7 Å². The molecule has 7 nitrogen and oxygen atoms in total. The molecule has 0 bridgehead atoms. The number of pyridine rings is 1. The van der Waals surface area contributed by atoms with Crippen molar-refractivity contribution in [1.82, 2.24) is 19.9 Å². The summed E-state index contributed by atoms with van der Waals surface area (Å²) in [6.07, 6.45) is 1.22. The standard InChI is InChI=1S/C14H16N4O3/c1-8-4-10(5-9(2)16-8)6-15-12(19)11-7-18(3)14(21)17-13(11)20/h4-5,7H,6H2,1-3H3,(H,15,19)(H,17,20,21). The van der Waals surface area contributed by atoms with Crippen LogP contribution in [0.4, 0.5) is 0 Å². The van der Waals surface area contributed by atoms with Crippen molar-refractivity contribution in [2.45, 2.75) is 20.4 Å². The fourth-order valence-electron chi connectivity index (χ4n) is 2.03. The van der Waals surface area contributed by atoms with Gasteiger partial charge in [0.25, 0.3) is 11.5 Å². The highest BCUT2D eigenvalue weighted by atomic mass is 16.2. The van der Waals surface area contributed by atoms with Crippen molar-refractivity contribution >= 4 is 5.91 Å². The third kappa shape index (κ3) is 3.44. The van der Waals surface area contributed by atoms with Crippen molar-refractivity contribution in [2.24, 2.45) is 7.05 Å². The van der Waals surface area contributed by atoms with Crippen molar-refractivity contribution < 1.29 is 4.79 Å². The zero-order chi connectivity index (χ0) is 15.6. The molecule has 2 aromatic rings. The number of nitrogens with one attached hydrogen (secondary N) is 2. The summed E-state index contributed by atoms with van der Waals surface area (Å²) < 4.78 is 1.15. The Morgan fingerprint density at radius 1 is 1.29 bits per heavy atom. The maximum Gasteiger partial charge on any atom is 0.328 e. The van der Waals surface area contributed by atoms with E-state index in [0.717, 1.165) is 21.5 Å². The third-order valence-electron chi connectivity index (χ3n) is 2.95. The minimum absolute atomic E-state index is 0.0976. The summed E-state index contributed by atoms with van der Waals surface area (Å²) in [6.45, 7) is 4.03. The maximum absolute atomic E-state index is 12.0. The molecule has 1 amide bonds. The molecule has 0 aliphatic heterocycles. The van der Waals surface area contributed by atoms with Gasteiger partial charge in [-0.05, 0) is 31.5 Å². The van der Waals surface area contributed by atoms with Gasteiger partial charge in [0.15, 0.2) is 0 Å². The second-order valence-electron chi connectivity index (χ2n) is 4.85. The van der Waals surface area contributed by atoms with Crippen LogP contribution in [0.25, 0.3) is 0 Å². The first-order valence-corrected chi connectivity index (χ1v) is 6.39. The lowest BCUT2D eigenvalue weighted by Crippen LogP contribution is -2.36. The number of hydrogen-bond donors (Lipinski definition) is 2. The minimum atomic E-state index is -0.697. The summed E-state index contributed by atoms with van der Waals surface area (Å²) in [4.78, 5) is 41.2. The molecule has 0 aliphatic rings. The molecule has 0 aliphatic carbocycles. The van der Waals surface area contributed by atoms with Gasteiger partial charge in [-0.1, -0.05) is 0 Å². The maximum atomic E-state index is 12.0. The summed E-state index contributed by atoms with van der Waals surface area (Å²) in [5.74, 6) is -0.529. The summed E-state index contributed by atoms with van der Waals surface area (Å²) in [6, 6.07) is 3.72. The van der Waals surface area contributed by atoms with Crippen LogP contribution in [-0.4, -0.2) is 20.4 Å². The Labute approximate surface area is 120 Å².